The summed E-state index contributed by atoms with van der Waals surface area (Å²) in [6, 6.07) is 10.7. The van der Waals surface area contributed by atoms with E-state index in [1.54, 1.807) is 12.1 Å². The van der Waals surface area contributed by atoms with Gasteiger partial charge in [0.2, 0.25) is 5.91 Å². The van der Waals surface area contributed by atoms with Crippen molar-refractivity contribution in [2.75, 3.05) is 0 Å². The normalized spacial score (nSPS) is 22.2. The Morgan fingerprint density at radius 3 is 2.13 bits per heavy atom. The number of carbonyl (C=O) groups excluding carboxylic acids is 2. The summed E-state index contributed by atoms with van der Waals surface area (Å²) >= 11 is 1.45. The summed E-state index contributed by atoms with van der Waals surface area (Å²) in [5, 5.41) is 21.1. The van der Waals surface area contributed by atoms with E-state index in [0.717, 1.165) is 0 Å². The molecule has 2 aromatic carbocycles. The molecule has 4 rings (SSSR count). The molecule has 3 atom stereocenters. The number of ether oxygens (including phenoxy) is 1. The lowest BCUT2D eigenvalue weighted by molar-refractivity contribution is -0.385. The summed E-state index contributed by atoms with van der Waals surface area (Å²) < 4.78 is 5.40. The maximum Gasteiger partial charge on any atom is 0.330 e. The van der Waals surface area contributed by atoms with Crippen LogP contribution >= 0.6 is 11.8 Å². The maximum atomic E-state index is 12.8. The van der Waals surface area contributed by atoms with Gasteiger partial charge in [-0.1, -0.05) is 12.1 Å². The van der Waals surface area contributed by atoms with Crippen LogP contribution in [0.3, 0.4) is 0 Å². The molecule has 1 amide bonds. The van der Waals surface area contributed by atoms with E-state index < -0.39 is 27.1 Å². The summed E-state index contributed by atoms with van der Waals surface area (Å²) in [7, 11) is 0. The van der Waals surface area contributed by atoms with E-state index in [9.17, 15) is 29.8 Å². The first-order valence-electron chi connectivity index (χ1n) is 8.96. The molecule has 2 aliphatic rings. The Balaban J connectivity index is 1.50. The highest BCUT2D eigenvalue weighted by Gasteiger charge is 2.55. The number of thioether (sulfide) groups is 1. The Kier molecular flexibility index (Phi) is 5.12. The molecule has 0 saturated carbocycles. The first kappa shape index (κ1) is 19.8. The molecule has 0 aliphatic carbocycles. The van der Waals surface area contributed by atoms with Crippen molar-refractivity contribution in [2.45, 2.75) is 29.7 Å². The number of nitro benzene ring substituents is 2. The van der Waals surface area contributed by atoms with Crippen molar-refractivity contribution < 1.29 is 24.2 Å². The zero-order valence-electron chi connectivity index (χ0n) is 15.4. The fourth-order valence-corrected chi connectivity index (χ4v) is 5.14. The molecule has 2 aliphatic heterocycles. The molecule has 11 heteroatoms. The van der Waals surface area contributed by atoms with Crippen LogP contribution in [0.1, 0.15) is 22.8 Å². The number of amides is 1. The molecule has 2 fully saturated rings. The number of rotatable bonds is 6. The van der Waals surface area contributed by atoms with Crippen LogP contribution in [0.5, 0.6) is 0 Å². The largest absolute Gasteiger partial charge is 0.459 e. The summed E-state index contributed by atoms with van der Waals surface area (Å²) in [4.78, 5) is 47.0. The lowest BCUT2D eigenvalue weighted by Crippen LogP contribution is -2.54. The molecule has 30 heavy (non-hydrogen) atoms. The molecular formula is C19H15N3O7S. The first-order valence-corrected chi connectivity index (χ1v) is 9.90. The molecule has 0 radical (unpaired) electrons. The monoisotopic (exact) mass is 429 g/mol. The van der Waals surface area contributed by atoms with Gasteiger partial charge in [-0.2, -0.15) is 0 Å². The van der Waals surface area contributed by atoms with E-state index in [2.05, 4.69) is 0 Å². The fraction of sp³-hybridized carbons (Fsp3) is 0.263. The number of β-lactam (4-membered cyclic amide) rings is 1. The van der Waals surface area contributed by atoms with Crippen LogP contribution in [0.4, 0.5) is 11.4 Å². The van der Waals surface area contributed by atoms with Crippen LogP contribution in [0, 0.1) is 20.2 Å². The molecule has 2 aromatic rings. The van der Waals surface area contributed by atoms with Crippen LogP contribution in [-0.4, -0.2) is 38.0 Å². The van der Waals surface area contributed by atoms with E-state index in [-0.39, 0.29) is 29.3 Å². The smallest absolute Gasteiger partial charge is 0.330 e. The van der Waals surface area contributed by atoms with Gasteiger partial charge in [0.15, 0.2) is 0 Å². The Morgan fingerprint density at radius 2 is 1.60 bits per heavy atom. The molecular weight excluding hydrogens is 414 g/mol. The summed E-state index contributed by atoms with van der Waals surface area (Å²) in [5.74, 6) is -0.728. The minimum absolute atomic E-state index is 0.0570. The number of esters is 1. The van der Waals surface area contributed by atoms with Crippen molar-refractivity contribution in [2.24, 2.45) is 0 Å². The van der Waals surface area contributed by atoms with Gasteiger partial charge in [0.25, 0.3) is 11.4 Å². The van der Waals surface area contributed by atoms with Crippen molar-refractivity contribution in [1.29, 1.82) is 0 Å². The molecule has 0 unspecified atom stereocenters. The molecule has 0 aromatic heterocycles. The highest BCUT2D eigenvalue weighted by Crippen LogP contribution is 2.52. The van der Waals surface area contributed by atoms with Gasteiger partial charge in [0.1, 0.15) is 12.6 Å². The Bertz CT molecular complexity index is 1030. The van der Waals surface area contributed by atoms with Crippen molar-refractivity contribution in [3.05, 3.63) is 79.9 Å². The number of nitro groups is 2. The number of hydrogen-bond acceptors (Lipinski definition) is 8. The van der Waals surface area contributed by atoms with E-state index in [1.165, 1.54) is 53.1 Å². The molecule has 0 N–H and O–H groups in total. The molecule has 154 valence electrons. The van der Waals surface area contributed by atoms with E-state index in [4.69, 9.17) is 4.74 Å². The minimum Gasteiger partial charge on any atom is -0.459 e. The van der Waals surface area contributed by atoms with Gasteiger partial charge in [-0.15, -0.1) is 11.8 Å². The second-order valence-electron chi connectivity index (χ2n) is 6.84. The Morgan fingerprint density at radius 1 is 1.03 bits per heavy atom. The van der Waals surface area contributed by atoms with Gasteiger partial charge in [0, 0.05) is 24.3 Å². The second kappa shape index (κ2) is 7.75. The van der Waals surface area contributed by atoms with Gasteiger partial charge >= 0.3 is 5.97 Å². The SMILES string of the molecule is O=C(OCc1ccc([N+](=O)[O-])cc1)[C@H]1[C@@H](c2ccc([N+](=O)[O-])cc2)S[C@@H]2CC(=O)N21. The van der Waals surface area contributed by atoms with Gasteiger partial charge in [0.05, 0.1) is 26.9 Å². The predicted octanol–water partition coefficient (Wildman–Crippen LogP) is 2.96. The lowest BCUT2D eigenvalue weighted by Gasteiger charge is -2.36. The number of hydrogen-bond donors (Lipinski definition) is 0. The Labute approximate surface area is 174 Å². The van der Waals surface area contributed by atoms with Crippen LogP contribution < -0.4 is 0 Å². The number of non-ortho nitro benzene ring substituents is 2. The van der Waals surface area contributed by atoms with Crippen LogP contribution in [0.25, 0.3) is 0 Å². The zero-order valence-corrected chi connectivity index (χ0v) is 16.2. The molecule has 0 bridgehead atoms. The quantitative estimate of drug-likeness (QED) is 0.296. The standard InChI is InChI=1S/C19H15N3O7S/c23-15-9-16-20(15)17(18(30-16)12-3-7-14(8-4-12)22(27)28)19(24)29-10-11-1-5-13(6-2-11)21(25)26/h1-8,16-18H,9-10H2/t16-,17-,18-/m1/s1. The third-order valence-electron chi connectivity index (χ3n) is 5.04. The van der Waals surface area contributed by atoms with Gasteiger partial charge in [-0.05, 0) is 23.3 Å². The van der Waals surface area contributed by atoms with Crippen LogP contribution in [-0.2, 0) is 20.9 Å². The van der Waals surface area contributed by atoms with Crippen LogP contribution in [0.2, 0.25) is 0 Å². The van der Waals surface area contributed by atoms with Crippen molar-refractivity contribution in [1.82, 2.24) is 4.90 Å². The molecule has 10 nitrogen and oxygen atoms in total. The van der Waals surface area contributed by atoms with Gasteiger partial charge in [-0.25, -0.2) is 4.79 Å². The van der Waals surface area contributed by atoms with E-state index >= 15 is 0 Å². The summed E-state index contributed by atoms with van der Waals surface area (Å²) in [5.41, 5.74) is 1.16. The van der Waals surface area contributed by atoms with Gasteiger partial charge < -0.3 is 9.64 Å². The van der Waals surface area contributed by atoms with Gasteiger partial charge in [-0.3, -0.25) is 25.0 Å². The average Bonchev–Trinajstić information content (AvgIpc) is 3.05. The van der Waals surface area contributed by atoms with Crippen LogP contribution in [0.15, 0.2) is 48.5 Å². The number of benzene rings is 2. The Hall–Kier alpha value is -3.47. The molecule has 0 spiro atoms. The zero-order chi connectivity index (χ0) is 21.4. The third-order valence-corrected chi connectivity index (χ3v) is 6.57. The predicted molar refractivity (Wildman–Crippen MR) is 105 cm³/mol. The van der Waals surface area contributed by atoms with Crippen molar-refractivity contribution in [3.8, 4) is 0 Å². The average molecular weight is 429 g/mol. The third kappa shape index (κ3) is 3.59. The molecule has 2 heterocycles. The summed E-state index contributed by atoms with van der Waals surface area (Å²) in [6.07, 6.45) is 0.334. The summed E-state index contributed by atoms with van der Waals surface area (Å²) in [6.45, 7) is -0.0856. The highest BCUT2D eigenvalue weighted by atomic mass is 32.2. The topological polar surface area (TPSA) is 133 Å². The number of carbonyl (C=O) groups is 2. The minimum atomic E-state index is -0.833. The van der Waals surface area contributed by atoms with Crippen molar-refractivity contribution >= 4 is 35.0 Å². The fourth-order valence-electron chi connectivity index (χ4n) is 3.48. The maximum absolute atomic E-state index is 12.8. The highest BCUT2D eigenvalue weighted by molar-refractivity contribution is 8.00. The van der Waals surface area contributed by atoms with E-state index in [0.29, 0.717) is 17.5 Å². The number of nitrogens with zero attached hydrogens (tertiary/aromatic N) is 3. The second-order valence-corrected chi connectivity index (χ2v) is 8.17. The van der Waals surface area contributed by atoms with E-state index in [1.807, 2.05) is 0 Å². The molecule has 2 saturated heterocycles. The lowest BCUT2D eigenvalue weighted by atomic mass is 10.0. The first-order chi connectivity index (χ1) is 14.3. The number of fused-ring (bicyclic) bond motifs is 1. The van der Waals surface area contributed by atoms with Crippen molar-refractivity contribution in [3.63, 3.8) is 0 Å².